The van der Waals surface area contributed by atoms with Crippen molar-refractivity contribution in [3.63, 3.8) is 0 Å². The second kappa shape index (κ2) is 25.6. The van der Waals surface area contributed by atoms with Crippen LogP contribution in [0.3, 0.4) is 0 Å². The van der Waals surface area contributed by atoms with Gasteiger partial charge in [0.25, 0.3) is 0 Å². The maximum absolute atomic E-state index is 12.7. The molecule has 0 aromatic carbocycles. The SMILES string of the molecule is CCCCCCCCC=CCCCCCCCC(=O)OC(=O)C(CCC=O)C(CC)CCCCC. The molecule has 0 radical (unpaired) electrons. The lowest BCUT2D eigenvalue weighted by Crippen LogP contribution is -2.28. The first-order chi connectivity index (χ1) is 17.1. The van der Waals surface area contributed by atoms with Crippen molar-refractivity contribution in [2.45, 2.75) is 156 Å². The molecule has 4 nitrogen and oxygen atoms in total. The van der Waals surface area contributed by atoms with Gasteiger partial charge >= 0.3 is 11.9 Å². The average molecular weight is 493 g/mol. The fourth-order valence-corrected chi connectivity index (χ4v) is 4.72. The average Bonchev–Trinajstić information content (AvgIpc) is 2.85. The molecule has 0 heterocycles. The van der Waals surface area contributed by atoms with E-state index in [9.17, 15) is 14.4 Å². The summed E-state index contributed by atoms with van der Waals surface area (Å²) < 4.78 is 5.21. The van der Waals surface area contributed by atoms with Crippen molar-refractivity contribution >= 4 is 18.2 Å². The Morgan fingerprint density at radius 3 is 1.77 bits per heavy atom. The summed E-state index contributed by atoms with van der Waals surface area (Å²) in [6.07, 6.45) is 27.5. The van der Waals surface area contributed by atoms with E-state index in [-0.39, 0.29) is 11.8 Å². The van der Waals surface area contributed by atoms with Crippen molar-refractivity contribution in [1.82, 2.24) is 0 Å². The monoisotopic (exact) mass is 492 g/mol. The van der Waals surface area contributed by atoms with Gasteiger partial charge in [-0.05, 0) is 50.9 Å². The fraction of sp³-hybridized carbons (Fsp3) is 0.839. The lowest BCUT2D eigenvalue weighted by molar-refractivity contribution is -0.164. The summed E-state index contributed by atoms with van der Waals surface area (Å²) >= 11 is 0. The predicted octanol–water partition coefficient (Wildman–Crippen LogP) is 9.30. The number of unbranched alkanes of at least 4 members (excludes halogenated alkanes) is 13. The highest BCUT2D eigenvalue weighted by atomic mass is 16.6. The molecule has 0 aliphatic carbocycles. The molecular weight excluding hydrogens is 436 g/mol. The summed E-state index contributed by atoms with van der Waals surface area (Å²) in [6.45, 7) is 6.49. The number of aldehydes is 1. The lowest BCUT2D eigenvalue weighted by atomic mass is 9.83. The molecule has 0 aliphatic heterocycles. The first kappa shape index (κ1) is 33.5. The van der Waals surface area contributed by atoms with Crippen molar-refractivity contribution in [2.24, 2.45) is 11.8 Å². The summed E-state index contributed by atoms with van der Waals surface area (Å²) in [5, 5.41) is 0. The van der Waals surface area contributed by atoms with E-state index in [0.717, 1.165) is 64.1 Å². The van der Waals surface area contributed by atoms with Crippen molar-refractivity contribution in [3.05, 3.63) is 12.2 Å². The number of ether oxygens (including phenoxy) is 1. The molecule has 0 saturated heterocycles. The van der Waals surface area contributed by atoms with E-state index in [1.54, 1.807) is 0 Å². The second-order valence-corrected chi connectivity index (χ2v) is 10.1. The van der Waals surface area contributed by atoms with E-state index in [1.165, 1.54) is 57.8 Å². The normalized spacial score (nSPS) is 13.1. The van der Waals surface area contributed by atoms with Crippen LogP contribution in [-0.4, -0.2) is 18.2 Å². The van der Waals surface area contributed by atoms with Gasteiger partial charge < -0.3 is 9.53 Å². The first-order valence-corrected chi connectivity index (χ1v) is 14.9. The maximum atomic E-state index is 12.7. The van der Waals surface area contributed by atoms with Gasteiger partial charge in [-0.2, -0.15) is 0 Å². The molecule has 0 amide bonds. The molecule has 35 heavy (non-hydrogen) atoms. The van der Waals surface area contributed by atoms with Crippen molar-refractivity contribution < 1.29 is 19.1 Å². The lowest BCUT2D eigenvalue weighted by Gasteiger charge is -2.24. The Morgan fingerprint density at radius 1 is 0.657 bits per heavy atom. The van der Waals surface area contributed by atoms with Crippen LogP contribution < -0.4 is 0 Å². The van der Waals surface area contributed by atoms with E-state index < -0.39 is 11.9 Å². The number of rotatable bonds is 25. The van der Waals surface area contributed by atoms with Gasteiger partial charge in [-0.25, -0.2) is 0 Å². The highest BCUT2D eigenvalue weighted by molar-refractivity contribution is 5.87. The molecule has 204 valence electrons. The third kappa shape index (κ3) is 20.4. The number of carbonyl (C=O) groups excluding carboxylic acids is 3. The Bertz CT molecular complexity index is 540. The number of hydrogen-bond acceptors (Lipinski definition) is 4. The minimum atomic E-state index is -0.423. The summed E-state index contributed by atoms with van der Waals surface area (Å²) in [7, 11) is 0. The van der Waals surface area contributed by atoms with E-state index >= 15 is 0 Å². The van der Waals surface area contributed by atoms with E-state index in [2.05, 4.69) is 32.9 Å². The molecule has 4 heteroatoms. The Hall–Kier alpha value is -1.45. The third-order valence-corrected chi connectivity index (χ3v) is 7.03. The Kier molecular flexibility index (Phi) is 24.6. The van der Waals surface area contributed by atoms with Gasteiger partial charge in [0.15, 0.2) is 0 Å². The molecule has 0 aliphatic rings. The molecule has 0 fully saturated rings. The number of allylic oxidation sites excluding steroid dienone is 2. The molecule has 0 N–H and O–H groups in total. The van der Waals surface area contributed by atoms with Crippen LogP contribution >= 0.6 is 0 Å². The Morgan fingerprint density at radius 2 is 1.20 bits per heavy atom. The minimum Gasteiger partial charge on any atom is -0.393 e. The third-order valence-electron chi connectivity index (χ3n) is 7.03. The minimum absolute atomic E-state index is 0.182. The fourth-order valence-electron chi connectivity index (χ4n) is 4.72. The summed E-state index contributed by atoms with van der Waals surface area (Å²) in [5.74, 6) is -0.998. The predicted molar refractivity (Wildman–Crippen MR) is 147 cm³/mol. The van der Waals surface area contributed by atoms with Crippen LogP contribution in [0.2, 0.25) is 0 Å². The molecule has 0 bridgehead atoms. The van der Waals surface area contributed by atoms with Crippen LogP contribution in [0.1, 0.15) is 156 Å². The first-order valence-electron chi connectivity index (χ1n) is 14.9. The Balaban J connectivity index is 3.96. The van der Waals surface area contributed by atoms with Crippen LogP contribution in [0.5, 0.6) is 0 Å². The van der Waals surface area contributed by atoms with Gasteiger partial charge in [-0.15, -0.1) is 0 Å². The molecule has 0 spiro atoms. The molecule has 0 saturated carbocycles. The van der Waals surface area contributed by atoms with Crippen molar-refractivity contribution in [3.8, 4) is 0 Å². The van der Waals surface area contributed by atoms with E-state index in [1.807, 2.05) is 0 Å². The van der Waals surface area contributed by atoms with Crippen molar-refractivity contribution in [2.75, 3.05) is 0 Å². The van der Waals surface area contributed by atoms with Crippen molar-refractivity contribution in [1.29, 1.82) is 0 Å². The quantitative estimate of drug-likeness (QED) is 0.0419. The number of hydrogen-bond donors (Lipinski definition) is 0. The van der Waals surface area contributed by atoms with Crippen LogP contribution in [0, 0.1) is 11.8 Å². The van der Waals surface area contributed by atoms with Gasteiger partial charge in [0, 0.05) is 12.8 Å². The summed E-state index contributed by atoms with van der Waals surface area (Å²) in [4.78, 5) is 35.8. The topological polar surface area (TPSA) is 60.4 Å². The van der Waals surface area contributed by atoms with Crippen LogP contribution in [0.4, 0.5) is 0 Å². The summed E-state index contributed by atoms with van der Waals surface area (Å²) in [5.41, 5.74) is 0. The van der Waals surface area contributed by atoms with Crippen LogP contribution in [0.15, 0.2) is 12.2 Å². The molecular formula is C31H56O4. The van der Waals surface area contributed by atoms with E-state index in [0.29, 0.717) is 19.3 Å². The zero-order valence-corrected chi connectivity index (χ0v) is 23.4. The standard InChI is InChI=1S/C31H56O4/c1-4-7-9-10-11-12-13-14-15-16-17-18-19-20-22-26-30(33)35-31(34)29(25-23-27-32)28(6-3)24-21-8-5-2/h14-15,27-29H,4-13,16-26H2,1-3H3. The maximum Gasteiger partial charge on any atom is 0.316 e. The van der Waals surface area contributed by atoms with Gasteiger partial charge in [-0.3, -0.25) is 9.59 Å². The number of carbonyl (C=O) groups is 3. The smallest absolute Gasteiger partial charge is 0.316 e. The summed E-state index contributed by atoms with van der Waals surface area (Å²) in [6, 6.07) is 0. The molecule has 0 rings (SSSR count). The van der Waals surface area contributed by atoms with Gasteiger partial charge in [0.1, 0.15) is 6.29 Å². The van der Waals surface area contributed by atoms with Gasteiger partial charge in [-0.1, -0.05) is 110 Å². The van der Waals surface area contributed by atoms with E-state index in [4.69, 9.17) is 4.74 Å². The zero-order valence-electron chi connectivity index (χ0n) is 23.4. The van der Waals surface area contributed by atoms with Gasteiger partial charge in [0.05, 0.1) is 5.92 Å². The second-order valence-electron chi connectivity index (χ2n) is 10.1. The Labute approximate surface area is 217 Å². The molecule has 0 aromatic rings. The molecule has 2 unspecified atom stereocenters. The molecule has 2 atom stereocenters. The van der Waals surface area contributed by atoms with Gasteiger partial charge in [0.2, 0.25) is 0 Å². The molecule has 0 aromatic heterocycles. The highest BCUT2D eigenvalue weighted by Gasteiger charge is 2.29. The number of esters is 2. The largest absolute Gasteiger partial charge is 0.393 e. The zero-order chi connectivity index (χ0) is 26.0. The highest BCUT2D eigenvalue weighted by Crippen LogP contribution is 2.28. The van der Waals surface area contributed by atoms with Crippen LogP contribution in [0.25, 0.3) is 0 Å². The van der Waals surface area contributed by atoms with Crippen LogP contribution in [-0.2, 0) is 19.1 Å².